The predicted molar refractivity (Wildman–Crippen MR) is 69.0 cm³/mol. The molecule has 5 heteroatoms. The van der Waals surface area contributed by atoms with Crippen LogP contribution in [0.1, 0.15) is 31.4 Å². The standard InChI is InChI=1S/C14H18N2O3/c1-9-7-11(9)14(18)16-12(8-13(17)19-2)10-3-5-15-6-4-10/h3-6,9,11-12H,7-8H2,1-2H3,(H,16,18)/t9-,11+,12+/m1/s1. The number of ether oxygens (including phenoxy) is 1. The molecule has 1 aliphatic carbocycles. The van der Waals surface area contributed by atoms with Crippen molar-refractivity contribution < 1.29 is 14.3 Å². The lowest BCUT2D eigenvalue weighted by atomic mass is 10.0. The second-order valence-corrected chi connectivity index (χ2v) is 4.94. The number of methoxy groups -OCH3 is 1. The molecule has 0 bridgehead atoms. The van der Waals surface area contributed by atoms with Crippen LogP contribution in [0.5, 0.6) is 0 Å². The molecule has 0 aliphatic heterocycles. The number of hydrogen-bond donors (Lipinski definition) is 1. The first-order valence-corrected chi connectivity index (χ1v) is 6.39. The largest absolute Gasteiger partial charge is 0.469 e. The molecule has 1 fully saturated rings. The van der Waals surface area contributed by atoms with Crippen molar-refractivity contribution in [3.8, 4) is 0 Å². The van der Waals surface area contributed by atoms with E-state index in [9.17, 15) is 9.59 Å². The summed E-state index contributed by atoms with van der Waals surface area (Å²) in [7, 11) is 1.34. The van der Waals surface area contributed by atoms with Gasteiger partial charge in [0.1, 0.15) is 0 Å². The Morgan fingerprint density at radius 2 is 2.11 bits per heavy atom. The number of aromatic nitrogens is 1. The third kappa shape index (κ3) is 3.53. The van der Waals surface area contributed by atoms with Crippen LogP contribution in [0.2, 0.25) is 0 Å². The van der Waals surface area contributed by atoms with Crippen LogP contribution in [0, 0.1) is 11.8 Å². The molecule has 1 aromatic rings. The van der Waals surface area contributed by atoms with Crippen molar-refractivity contribution in [1.82, 2.24) is 10.3 Å². The van der Waals surface area contributed by atoms with Gasteiger partial charge >= 0.3 is 5.97 Å². The summed E-state index contributed by atoms with van der Waals surface area (Å²) in [5.41, 5.74) is 0.863. The van der Waals surface area contributed by atoms with Crippen molar-refractivity contribution in [1.29, 1.82) is 0 Å². The first-order chi connectivity index (χ1) is 9.11. The van der Waals surface area contributed by atoms with Gasteiger partial charge in [-0.1, -0.05) is 6.92 Å². The molecule has 0 aromatic carbocycles. The maximum atomic E-state index is 12.0. The lowest BCUT2D eigenvalue weighted by molar-refractivity contribution is -0.141. The average molecular weight is 262 g/mol. The van der Waals surface area contributed by atoms with Crippen molar-refractivity contribution in [2.24, 2.45) is 11.8 Å². The summed E-state index contributed by atoms with van der Waals surface area (Å²) in [6.07, 6.45) is 4.34. The SMILES string of the molecule is COC(=O)C[C@H](NC(=O)[C@H]1C[C@H]1C)c1ccncc1. The third-order valence-corrected chi connectivity index (χ3v) is 3.47. The number of esters is 1. The third-order valence-electron chi connectivity index (χ3n) is 3.47. The summed E-state index contributed by atoms with van der Waals surface area (Å²) in [6.45, 7) is 2.05. The van der Waals surface area contributed by atoms with Crippen LogP contribution in [-0.4, -0.2) is 24.0 Å². The van der Waals surface area contributed by atoms with Gasteiger partial charge in [-0.2, -0.15) is 0 Å². The van der Waals surface area contributed by atoms with Crippen molar-refractivity contribution in [3.05, 3.63) is 30.1 Å². The fourth-order valence-electron chi connectivity index (χ4n) is 2.06. The highest BCUT2D eigenvalue weighted by Crippen LogP contribution is 2.38. The number of hydrogen-bond acceptors (Lipinski definition) is 4. The van der Waals surface area contributed by atoms with Crippen LogP contribution in [0.15, 0.2) is 24.5 Å². The monoisotopic (exact) mass is 262 g/mol. The number of carbonyl (C=O) groups excluding carboxylic acids is 2. The number of nitrogens with zero attached hydrogens (tertiary/aromatic N) is 1. The van der Waals surface area contributed by atoms with E-state index in [4.69, 9.17) is 0 Å². The first-order valence-electron chi connectivity index (χ1n) is 6.39. The number of rotatable bonds is 5. The van der Waals surface area contributed by atoms with E-state index in [0.717, 1.165) is 12.0 Å². The summed E-state index contributed by atoms with van der Waals surface area (Å²) in [6, 6.07) is 3.24. The van der Waals surface area contributed by atoms with Gasteiger partial charge in [0.25, 0.3) is 0 Å². The smallest absolute Gasteiger partial charge is 0.307 e. The lowest BCUT2D eigenvalue weighted by Crippen LogP contribution is -2.32. The zero-order valence-electron chi connectivity index (χ0n) is 11.1. The molecule has 0 unspecified atom stereocenters. The van der Waals surface area contributed by atoms with Crippen molar-refractivity contribution in [3.63, 3.8) is 0 Å². The van der Waals surface area contributed by atoms with Gasteiger partial charge in [0.2, 0.25) is 5.91 Å². The lowest BCUT2D eigenvalue weighted by Gasteiger charge is -2.18. The Hall–Kier alpha value is -1.91. The number of nitrogens with one attached hydrogen (secondary N) is 1. The molecular weight excluding hydrogens is 244 g/mol. The number of amides is 1. The molecule has 0 radical (unpaired) electrons. The molecule has 2 rings (SSSR count). The van der Waals surface area contributed by atoms with Gasteiger partial charge in [0.15, 0.2) is 0 Å². The molecule has 1 saturated carbocycles. The fraction of sp³-hybridized carbons (Fsp3) is 0.500. The van der Waals surface area contributed by atoms with Gasteiger partial charge in [-0.15, -0.1) is 0 Å². The van der Waals surface area contributed by atoms with E-state index in [2.05, 4.69) is 15.0 Å². The minimum atomic E-state index is -0.351. The number of pyridine rings is 1. The van der Waals surface area contributed by atoms with Crippen LogP contribution in [-0.2, 0) is 14.3 Å². The van der Waals surface area contributed by atoms with E-state index in [0.29, 0.717) is 5.92 Å². The van der Waals surface area contributed by atoms with Crippen LogP contribution < -0.4 is 5.32 Å². The highest BCUT2D eigenvalue weighted by atomic mass is 16.5. The maximum Gasteiger partial charge on any atom is 0.307 e. The second-order valence-electron chi connectivity index (χ2n) is 4.94. The van der Waals surface area contributed by atoms with Crippen LogP contribution in [0.3, 0.4) is 0 Å². The molecule has 1 heterocycles. The highest BCUT2D eigenvalue weighted by Gasteiger charge is 2.40. The first kappa shape index (κ1) is 13.5. The Labute approximate surface area is 112 Å². The van der Waals surface area contributed by atoms with E-state index in [1.54, 1.807) is 24.5 Å². The van der Waals surface area contributed by atoms with E-state index in [1.807, 2.05) is 6.92 Å². The quantitative estimate of drug-likeness (QED) is 0.816. The molecule has 1 aromatic heterocycles. The van der Waals surface area contributed by atoms with Gasteiger partial charge < -0.3 is 10.1 Å². The number of carbonyl (C=O) groups is 2. The van der Waals surface area contributed by atoms with Crippen LogP contribution in [0.25, 0.3) is 0 Å². The summed E-state index contributed by atoms with van der Waals surface area (Å²) in [5.74, 6) is 0.197. The summed E-state index contributed by atoms with van der Waals surface area (Å²) >= 11 is 0. The maximum absolute atomic E-state index is 12.0. The van der Waals surface area contributed by atoms with Crippen LogP contribution >= 0.6 is 0 Å². The average Bonchev–Trinajstić information content (AvgIpc) is 3.16. The minimum absolute atomic E-state index is 0.0122. The molecule has 1 amide bonds. The molecular formula is C14H18N2O3. The van der Waals surface area contributed by atoms with E-state index in [-0.39, 0.29) is 30.3 Å². The van der Waals surface area contributed by atoms with Crippen LogP contribution in [0.4, 0.5) is 0 Å². The molecule has 0 saturated heterocycles. The Morgan fingerprint density at radius 3 is 2.63 bits per heavy atom. The fourth-order valence-corrected chi connectivity index (χ4v) is 2.06. The topological polar surface area (TPSA) is 68.3 Å². The second kappa shape index (κ2) is 5.82. The van der Waals surface area contributed by atoms with Gasteiger partial charge in [-0.05, 0) is 30.0 Å². The Balaban J connectivity index is 2.06. The minimum Gasteiger partial charge on any atom is -0.469 e. The Kier molecular flexibility index (Phi) is 4.14. The Morgan fingerprint density at radius 1 is 1.47 bits per heavy atom. The van der Waals surface area contributed by atoms with E-state index < -0.39 is 0 Å². The molecule has 102 valence electrons. The van der Waals surface area contributed by atoms with Crippen molar-refractivity contribution in [2.75, 3.05) is 7.11 Å². The summed E-state index contributed by atoms with van der Waals surface area (Å²) in [5, 5.41) is 2.92. The zero-order valence-corrected chi connectivity index (χ0v) is 11.1. The molecule has 1 aliphatic rings. The Bertz CT molecular complexity index is 461. The van der Waals surface area contributed by atoms with Gasteiger partial charge in [-0.3, -0.25) is 14.6 Å². The van der Waals surface area contributed by atoms with Gasteiger partial charge in [0.05, 0.1) is 19.6 Å². The summed E-state index contributed by atoms with van der Waals surface area (Å²) < 4.78 is 4.68. The van der Waals surface area contributed by atoms with E-state index >= 15 is 0 Å². The van der Waals surface area contributed by atoms with E-state index in [1.165, 1.54) is 7.11 Å². The molecule has 19 heavy (non-hydrogen) atoms. The molecule has 0 spiro atoms. The highest BCUT2D eigenvalue weighted by molar-refractivity contribution is 5.82. The molecule has 1 N–H and O–H groups in total. The van der Waals surface area contributed by atoms with Crippen molar-refractivity contribution in [2.45, 2.75) is 25.8 Å². The zero-order chi connectivity index (χ0) is 13.8. The van der Waals surface area contributed by atoms with Crippen molar-refractivity contribution >= 4 is 11.9 Å². The van der Waals surface area contributed by atoms with Gasteiger partial charge in [-0.25, -0.2) is 0 Å². The predicted octanol–water partition coefficient (Wildman–Crippen LogP) is 1.46. The molecule has 5 nitrogen and oxygen atoms in total. The normalized spacial score (nSPS) is 22.4. The molecule has 3 atom stereocenters. The summed E-state index contributed by atoms with van der Waals surface area (Å²) in [4.78, 5) is 27.4. The van der Waals surface area contributed by atoms with Gasteiger partial charge in [0, 0.05) is 18.3 Å².